The molecule has 0 unspecified atom stereocenters. The van der Waals surface area contributed by atoms with Crippen molar-refractivity contribution in [2.24, 2.45) is 0 Å². The third-order valence-electron chi connectivity index (χ3n) is 2.79. The van der Waals surface area contributed by atoms with Crippen LogP contribution in [0.5, 0.6) is 0 Å². The number of hydrogen-bond donors (Lipinski definition) is 0. The van der Waals surface area contributed by atoms with E-state index in [1.807, 2.05) is 0 Å². The summed E-state index contributed by atoms with van der Waals surface area (Å²) in [5.41, 5.74) is -0.0328. The van der Waals surface area contributed by atoms with Crippen molar-refractivity contribution in [1.29, 1.82) is 0 Å². The van der Waals surface area contributed by atoms with Crippen LogP contribution in [0.2, 0.25) is 5.02 Å². The van der Waals surface area contributed by atoms with Crippen LogP contribution in [-0.2, 0) is 16.0 Å². The fraction of sp³-hybridized carbons (Fsp3) is 0.385. The van der Waals surface area contributed by atoms with Crippen molar-refractivity contribution in [1.82, 2.24) is 15.1 Å². The molecule has 0 atom stereocenters. The van der Waals surface area contributed by atoms with E-state index >= 15 is 0 Å². The largest absolute Gasteiger partial charge is 0.466 e. The number of esters is 1. The first-order chi connectivity index (χ1) is 11.0. The van der Waals surface area contributed by atoms with Gasteiger partial charge < -0.3 is 9.26 Å². The highest BCUT2D eigenvalue weighted by Gasteiger charge is 2.17. The Hall–Kier alpha value is -2.55. The van der Waals surface area contributed by atoms with Crippen molar-refractivity contribution >= 4 is 23.3 Å². The lowest BCUT2D eigenvalue weighted by atomic mass is 10.2. The fourth-order valence-corrected chi connectivity index (χ4v) is 2.01. The van der Waals surface area contributed by atoms with Crippen molar-refractivity contribution in [3.8, 4) is 11.5 Å². The Morgan fingerprint density at radius 1 is 1.52 bits per heavy atom. The highest BCUT2D eigenvalue weighted by molar-refractivity contribution is 6.33. The van der Waals surface area contributed by atoms with Gasteiger partial charge in [0.1, 0.15) is 11.9 Å². The van der Waals surface area contributed by atoms with Crippen LogP contribution < -0.4 is 0 Å². The predicted molar refractivity (Wildman–Crippen MR) is 78.8 cm³/mol. The van der Waals surface area contributed by atoms with Crippen molar-refractivity contribution in [3.05, 3.63) is 33.3 Å². The monoisotopic (exact) mass is 340 g/mol. The maximum absolute atomic E-state index is 11.2. The molecule has 2 rings (SSSR count). The zero-order chi connectivity index (χ0) is 16.8. The van der Waals surface area contributed by atoms with Crippen molar-refractivity contribution in [3.63, 3.8) is 0 Å². The molecule has 9 nitrogen and oxygen atoms in total. The maximum Gasteiger partial charge on any atom is 0.305 e. The summed E-state index contributed by atoms with van der Waals surface area (Å²) in [6, 6.07) is 1.17. The number of nitrogens with zero attached hydrogens (tertiary/aromatic N) is 4. The van der Waals surface area contributed by atoms with Crippen molar-refractivity contribution in [2.45, 2.75) is 26.2 Å². The molecule has 0 aliphatic carbocycles. The number of nitro groups is 1. The molecular formula is C13H13ClN4O5. The Bertz CT molecular complexity index is 718. The lowest BCUT2D eigenvalue weighted by molar-refractivity contribution is -0.385. The molecule has 0 saturated heterocycles. The molecule has 0 saturated carbocycles. The van der Waals surface area contributed by atoms with Crippen molar-refractivity contribution < 1.29 is 19.0 Å². The molecule has 0 bridgehead atoms. The van der Waals surface area contributed by atoms with Crippen LogP contribution in [0, 0.1) is 10.1 Å². The van der Waals surface area contributed by atoms with Gasteiger partial charge in [-0.2, -0.15) is 4.98 Å². The molecule has 0 aliphatic rings. The number of aryl methyl sites for hydroxylation is 1. The second-order valence-corrected chi connectivity index (χ2v) is 4.86. The van der Waals surface area contributed by atoms with E-state index in [-0.39, 0.29) is 34.6 Å². The molecule has 122 valence electrons. The van der Waals surface area contributed by atoms with Gasteiger partial charge >= 0.3 is 5.97 Å². The molecule has 0 aliphatic heterocycles. The summed E-state index contributed by atoms with van der Waals surface area (Å²) in [6.07, 6.45) is 2.22. The normalized spacial score (nSPS) is 10.5. The minimum Gasteiger partial charge on any atom is -0.466 e. The van der Waals surface area contributed by atoms with Crippen LogP contribution in [0.25, 0.3) is 11.5 Å². The molecule has 2 aromatic heterocycles. The zero-order valence-corrected chi connectivity index (χ0v) is 12.9. The fourth-order valence-electron chi connectivity index (χ4n) is 1.76. The Balaban J connectivity index is 2.02. The van der Waals surface area contributed by atoms with Crippen LogP contribution in [0.4, 0.5) is 5.69 Å². The third-order valence-corrected chi connectivity index (χ3v) is 3.08. The molecule has 0 radical (unpaired) electrons. The van der Waals surface area contributed by atoms with Gasteiger partial charge in [0.2, 0.25) is 11.7 Å². The Kier molecular flexibility index (Phi) is 5.58. The van der Waals surface area contributed by atoms with Gasteiger partial charge in [-0.05, 0) is 13.3 Å². The molecule has 0 fully saturated rings. The second kappa shape index (κ2) is 7.63. The number of pyridine rings is 1. The van der Waals surface area contributed by atoms with E-state index in [0.717, 1.165) is 6.20 Å². The van der Waals surface area contributed by atoms with E-state index in [4.69, 9.17) is 20.9 Å². The number of rotatable bonds is 7. The number of ether oxygens (including phenoxy) is 1. The van der Waals surface area contributed by atoms with Gasteiger partial charge in [0.25, 0.3) is 5.69 Å². The van der Waals surface area contributed by atoms with Crippen LogP contribution in [0.15, 0.2) is 16.8 Å². The smallest absolute Gasteiger partial charge is 0.305 e. The van der Waals surface area contributed by atoms with Gasteiger partial charge in [-0.25, -0.2) is 4.98 Å². The first-order valence-corrected chi connectivity index (χ1v) is 7.17. The standard InChI is InChI=1S/C13H13ClN4O5/c1-2-22-11(19)5-3-4-10-16-13(17-23-10)12-9(14)6-8(7-15-12)18(20)21/h6-7H,2-5H2,1H3. The number of hydrogen-bond acceptors (Lipinski definition) is 8. The number of carbonyl (C=O) groups excluding carboxylic acids is 1. The number of carbonyl (C=O) groups is 1. The maximum atomic E-state index is 11.2. The number of halogens is 1. The highest BCUT2D eigenvalue weighted by Crippen LogP contribution is 2.26. The first-order valence-electron chi connectivity index (χ1n) is 6.79. The van der Waals surface area contributed by atoms with Gasteiger partial charge in [0.15, 0.2) is 0 Å². The Labute approximate surface area is 135 Å². The molecule has 2 heterocycles. The molecule has 0 N–H and O–H groups in total. The molecule has 2 aromatic rings. The van der Waals surface area contributed by atoms with Gasteiger partial charge in [0.05, 0.1) is 16.6 Å². The van der Waals surface area contributed by atoms with E-state index in [2.05, 4.69) is 15.1 Å². The Morgan fingerprint density at radius 2 is 2.30 bits per heavy atom. The summed E-state index contributed by atoms with van der Waals surface area (Å²) in [6.45, 7) is 2.08. The number of aromatic nitrogens is 3. The summed E-state index contributed by atoms with van der Waals surface area (Å²) < 4.78 is 9.86. The first kappa shape index (κ1) is 16.8. The summed E-state index contributed by atoms with van der Waals surface area (Å²) in [7, 11) is 0. The third kappa shape index (κ3) is 4.46. The minimum absolute atomic E-state index is 0.0538. The van der Waals surface area contributed by atoms with Crippen molar-refractivity contribution in [2.75, 3.05) is 6.61 Å². The van der Waals surface area contributed by atoms with Gasteiger partial charge in [-0.3, -0.25) is 14.9 Å². The van der Waals surface area contributed by atoms with Crippen LogP contribution >= 0.6 is 11.6 Å². The lowest BCUT2D eigenvalue weighted by Gasteiger charge is -1.99. The van der Waals surface area contributed by atoms with Gasteiger partial charge in [0, 0.05) is 18.9 Å². The molecule has 0 aromatic carbocycles. The van der Waals surface area contributed by atoms with Crippen LogP contribution in [0.1, 0.15) is 25.7 Å². The molecule has 10 heteroatoms. The average Bonchev–Trinajstić information content (AvgIpc) is 2.96. The van der Waals surface area contributed by atoms with Gasteiger partial charge in [-0.1, -0.05) is 16.8 Å². The second-order valence-electron chi connectivity index (χ2n) is 4.45. The molecule has 0 amide bonds. The topological polar surface area (TPSA) is 121 Å². The van der Waals surface area contributed by atoms with Gasteiger partial charge in [-0.15, -0.1) is 0 Å². The summed E-state index contributed by atoms with van der Waals surface area (Å²) in [5, 5.41) is 14.4. The minimum atomic E-state index is -0.598. The highest BCUT2D eigenvalue weighted by atomic mass is 35.5. The molecule has 0 spiro atoms. The summed E-state index contributed by atoms with van der Waals surface area (Å²) >= 11 is 5.95. The zero-order valence-electron chi connectivity index (χ0n) is 12.2. The summed E-state index contributed by atoms with van der Waals surface area (Å²) in [4.78, 5) is 29.3. The van der Waals surface area contributed by atoms with E-state index in [1.165, 1.54) is 6.07 Å². The van der Waals surface area contributed by atoms with Crippen LogP contribution in [0.3, 0.4) is 0 Å². The molecule has 23 heavy (non-hydrogen) atoms. The average molecular weight is 341 g/mol. The van der Waals surface area contributed by atoms with E-state index in [1.54, 1.807) is 6.92 Å². The van der Waals surface area contributed by atoms with Crippen LogP contribution in [-0.4, -0.2) is 32.6 Å². The predicted octanol–water partition coefficient (Wildman–Crippen LogP) is 2.58. The molecular weight excluding hydrogens is 328 g/mol. The SMILES string of the molecule is CCOC(=O)CCCc1nc(-c2ncc([N+](=O)[O-])cc2Cl)no1. The van der Waals surface area contributed by atoms with E-state index in [0.29, 0.717) is 25.3 Å². The quantitative estimate of drug-likeness (QED) is 0.428. The van der Waals surface area contributed by atoms with E-state index in [9.17, 15) is 14.9 Å². The lowest BCUT2D eigenvalue weighted by Crippen LogP contribution is -2.04. The summed E-state index contributed by atoms with van der Waals surface area (Å²) in [5.74, 6) is 0.170. The van der Waals surface area contributed by atoms with E-state index < -0.39 is 4.92 Å². The Morgan fingerprint density at radius 3 is 2.96 bits per heavy atom.